The number of nitrogens with zero attached hydrogens (tertiary/aromatic N) is 4. The summed E-state index contributed by atoms with van der Waals surface area (Å²) in [4.78, 5) is 60.0. The van der Waals surface area contributed by atoms with E-state index in [4.69, 9.17) is 0 Å². The van der Waals surface area contributed by atoms with Crippen LogP contribution in [0.25, 0.3) is 10.9 Å². The fourth-order valence-corrected chi connectivity index (χ4v) is 7.92. The molecule has 1 aliphatic carbocycles. The molecular weight excluding hydrogens is 608 g/mol. The van der Waals surface area contributed by atoms with E-state index in [1.54, 1.807) is 9.58 Å². The summed E-state index contributed by atoms with van der Waals surface area (Å²) < 4.78 is 2.56. The Kier molecular flexibility index (Phi) is 8.13. The lowest BCUT2D eigenvalue weighted by Gasteiger charge is -2.27. The van der Waals surface area contributed by atoms with Crippen LogP contribution < -0.4 is 0 Å². The van der Waals surface area contributed by atoms with E-state index in [1.807, 2.05) is 32.0 Å². The summed E-state index contributed by atoms with van der Waals surface area (Å²) in [5, 5.41) is 5.42. The van der Waals surface area contributed by atoms with Gasteiger partial charge in [-0.3, -0.25) is 28.8 Å². The highest BCUT2D eigenvalue weighted by Gasteiger charge is 2.66. The largest absolute Gasteiger partial charge is 0.327 e. The third-order valence-electron chi connectivity index (χ3n) is 9.82. The molecular formula is C34H39BrN4O4. The zero-order chi connectivity index (χ0) is 30.5. The second-order valence-electron chi connectivity index (χ2n) is 12.9. The highest BCUT2D eigenvalue weighted by molar-refractivity contribution is 9.10. The molecule has 3 atom stereocenters. The number of amides is 1. The fraction of sp³-hybridized carbons (Fsp3) is 0.529. The number of piperidine rings is 1. The van der Waals surface area contributed by atoms with E-state index in [2.05, 4.69) is 32.1 Å². The van der Waals surface area contributed by atoms with Crippen molar-refractivity contribution in [2.75, 3.05) is 0 Å². The Labute approximate surface area is 260 Å². The topological polar surface area (TPSA) is 102 Å². The van der Waals surface area contributed by atoms with Gasteiger partial charge in [0.15, 0.2) is 11.6 Å². The molecule has 6 rings (SSSR count). The number of carbonyl (C=O) groups is 4. The number of carbonyl (C=O) groups excluding carboxylic acids is 4. The Bertz CT molecular complexity index is 1640. The Morgan fingerprint density at radius 3 is 2.56 bits per heavy atom. The summed E-state index contributed by atoms with van der Waals surface area (Å²) in [6, 6.07) is 7.25. The van der Waals surface area contributed by atoms with Gasteiger partial charge in [-0.25, -0.2) is 0 Å². The third kappa shape index (κ3) is 5.85. The van der Waals surface area contributed by atoms with Crippen molar-refractivity contribution in [1.82, 2.24) is 19.7 Å². The summed E-state index contributed by atoms with van der Waals surface area (Å²) in [7, 11) is 0. The van der Waals surface area contributed by atoms with Gasteiger partial charge in [-0.15, -0.1) is 0 Å². The van der Waals surface area contributed by atoms with Crippen molar-refractivity contribution in [3.63, 3.8) is 0 Å². The molecule has 2 aliphatic heterocycles. The molecule has 2 aromatic heterocycles. The average molecular weight is 648 g/mol. The van der Waals surface area contributed by atoms with E-state index in [1.165, 1.54) is 6.92 Å². The number of hydrogen-bond donors (Lipinski definition) is 0. The monoisotopic (exact) mass is 646 g/mol. The normalized spacial score (nSPS) is 24.6. The maximum absolute atomic E-state index is 14.2. The lowest BCUT2D eigenvalue weighted by atomic mass is 9.90. The molecule has 1 saturated carbocycles. The summed E-state index contributed by atoms with van der Waals surface area (Å²) in [5.41, 5.74) is 4.57. The molecule has 1 amide bonds. The maximum atomic E-state index is 14.2. The zero-order valence-corrected chi connectivity index (χ0v) is 26.8. The van der Waals surface area contributed by atoms with Gasteiger partial charge in [0.2, 0.25) is 5.91 Å². The molecule has 0 N–H and O–H groups in total. The number of benzene rings is 1. The van der Waals surface area contributed by atoms with Gasteiger partial charge in [0.05, 0.1) is 23.7 Å². The number of hydrogen-bond acceptors (Lipinski definition) is 6. The highest BCUT2D eigenvalue weighted by atomic mass is 79.9. The Morgan fingerprint density at radius 1 is 1.02 bits per heavy atom. The molecule has 1 aromatic carbocycles. The molecule has 8 nitrogen and oxygen atoms in total. The number of aryl methyl sites for hydroxylation is 3. The van der Waals surface area contributed by atoms with Gasteiger partial charge in [-0.05, 0) is 87.1 Å². The number of pyridine rings is 1. The second-order valence-corrected chi connectivity index (χ2v) is 13.9. The number of aromatic nitrogens is 3. The highest BCUT2D eigenvalue weighted by Crippen LogP contribution is 2.62. The summed E-state index contributed by atoms with van der Waals surface area (Å²) >= 11 is 3.61. The van der Waals surface area contributed by atoms with Gasteiger partial charge in [-0.2, -0.15) is 5.10 Å². The molecule has 0 unspecified atom stereocenters. The molecule has 43 heavy (non-hydrogen) atoms. The van der Waals surface area contributed by atoms with Crippen LogP contribution >= 0.6 is 15.9 Å². The van der Waals surface area contributed by atoms with Crippen LogP contribution in [-0.4, -0.2) is 55.0 Å². The van der Waals surface area contributed by atoms with Crippen LogP contribution in [0, 0.1) is 19.3 Å². The lowest BCUT2D eigenvalue weighted by molar-refractivity contribution is -0.139. The van der Waals surface area contributed by atoms with Crippen molar-refractivity contribution < 1.29 is 19.2 Å². The first-order valence-electron chi connectivity index (χ1n) is 15.5. The van der Waals surface area contributed by atoms with Gasteiger partial charge in [-0.1, -0.05) is 34.8 Å². The van der Waals surface area contributed by atoms with Gasteiger partial charge in [0.1, 0.15) is 18.0 Å². The summed E-state index contributed by atoms with van der Waals surface area (Å²) in [6.07, 6.45) is 7.95. The summed E-state index contributed by atoms with van der Waals surface area (Å²) in [5.74, 6) is -0.0485. The van der Waals surface area contributed by atoms with E-state index in [-0.39, 0.29) is 47.7 Å². The minimum absolute atomic E-state index is 0.0128. The van der Waals surface area contributed by atoms with Crippen molar-refractivity contribution in [3.8, 4) is 0 Å². The molecule has 0 spiro atoms. The van der Waals surface area contributed by atoms with Crippen molar-refractivity contribution in [3.05, 3.63) is 56.9 Å². The molecule has 226 valence electrons. The van der Waals surface area contributed by atoms with Crippen molar-refractivity contribution in [1.29, 1.82) is 0 Å². The van der Waals surface area contributed by atoms with E-state index in [0.717, 1.165) is 76.4 Å². The van der Waals surface area contributed by atoms with Crippen LogP contribution in [0.4, 0.5) is 0 Å². The number of rotatable bonds is 4. The predicted molar refractivity (Wildman–Crippen MR) is 167 cm³/mol. The molecule has 2 fully saturated rings. The van der Waals surface area contributed by atoms with Crippen LogP contribution in [-0.2, 0) is 33.8 Å². The van der Waals surface area contributed by atoms with E-state index < -0.39 is 6.04 Å². The Hall–Kier alpha value is -3.20. The fourth-order valence-electron chi connectivity index (χ4n) is 7.41. The predicted octanol–water partition coefficient (Wildman–Crippen LogP) is 6.04. The van der Waals surface area contributed by atoms with Crippen LogP contribution in [0.15, 0.2) is 28.7 Å². The third-order valence-corrected chi connectivity index (χ3v) is 10.3. The smallest absolute Gasteiger partial charge is 0.245 e. The van der Waals surface area contributed by atoms with E-state index in [0.29, 0.717) is 31.4 Å². The SMILES string of the molecule is CC(=O)c1nn2c3c(cc(Br)cc13)CCCCCCC(=O)CC[C@@]13C[C@@H](C(=O)Cc4nc(C)ccc4C)N(C(=O)C2)[C@@H]1C3. The molecule has 3 aromatic rings. The van der Waals surface area contributed by atoms with Crippen LogP contribution in [0.3, 0.4) is 0 Å². The average Bonchev–Trinajstić information content (AvgIpc) is 3.37. The maximum Gasteiger partial charge on any atom is 0.245 e. The Balaban J connectivity index is 1.38. The molecule has 1 saturated heterocycles. The number of halogens is 1. The van der Waals surface area contributed by atoms with E-state index in [9.17, 15) is 19.2 Å². The van der Waals surface area contributed by atoms with Gasteiger partial charge < -0.3 is 4.90 Å². The van der Waals surface area contributed by atoms with Crippen LogP contribution in [0.1, 0.15) is 97.7 Å². The number of Topliss-reactive ketones (excluding diaryl/α,β-unsaturated/α-hetero) is 3. The minimum atomic E-state index is -0.565. The van der Waals surface area contributed by atoms with Crippen molar-refractivity contribution in [2.24, 2.45) is 5.41 Å². The second kappa shape index (κ2) is 11.7. The van der Waals surface area contributed by atoms with Gasteiger partial charge in [0, 0.05) is 41.4 Å². The minimum Gasteiger partial charge on any atom is -0.327 e. The molecule has 9 heteroatoms. The van der Waals surface area contributed by atoms with Gasteiger partial charge in [0.25, 0.3) is 0 Å². The van der Waals surface area contributed by atoms with Gasteiger partial charge >= 0.3 is 0 Å². The summed E-state index contributed by atoms with van der Waals surface area (Å²) in [6.45, 7) is 5.33. The standard InChI is InChI=1S/C34H39BrN4O4/c1-20-10-11-21(2)36-27(20)16-29(42)28-17-34-13-12-25(41)9-7-5-4-6-8-23-14-24(35)15-26-32(22(3)40)37-38(33(23)26)19-31(43)39(28)30(34)18-34/h10-11,14-15,28,30H,4-9,12-13,16-19H2,1-3H3/t28-,30+,34-/m0/s1. The lowest BCUT2D eigenvalue weighted by Crippen LogP contribution is -2.45. The first kappa shape index (κ1) is 29.9. The first-order valence-corrected chi connectivity index (χ1v) is 16.3. The van der Waals surface area contributed by atoms with Crippen molar-refractivity contribution in [2.45, 2.75) is 110 Å². The van der Waals surface area contributed by atoms with Crippen LogP contribution in [0.5, 0.6) is 0 Å². The van der Waals surface area contributed by atoms with E-state index >= 15 is 0 Å². The van der Waals surface area contributed by atoms with Crippen molar-refractivity contribution >= 4 is 50.1 Å². The molecule has 3 aliphatic rings. The quantitative estimate of drug-likeness (QED) is 0.320. The Morgan fingerprint density at radius 2 is 1.79 bits per heavy atom. The first-order chi connectivity index (χ1) is 20.6. The van der Waals surface area contributed by atoms with Crippen LogP contribution in [0.2, 0.25) is 0 Å². The molecule has 2 bridgehead atoms. The molecule has 0 radical (unpaired) electrons. The molecule has 4 heterocycles. The number of ketones is 3. The zero-order valence-electron chi connectivity index (χ0n) is 25.2.